The van der Waals surface area contributed by atoms with Gasteiger partial charge in [-0.05, 0) is 30.4 Å². The van der Waals surface area contributed by atoms with Gasteiger partial charge < -0.3 is 5.32 Å². The summed E-state index contributed by atoms with van der Waals surface area (Å²) in [5.41, 5.74) is -0.646. The van der Waals surface area contributed by atoms with Crippen LogP contribution in [0, 0.1) is 11.3 Å². The molecule has 3 rings (SSSR count). The number of nitrogens with zero attached hydrogens (tertiary/aromatic N) is 1. The third-order valence-electron chi connectivity index (χ3n) is 3.64. The summed E-state index contributed by atoms with van der Waals surface area (Å²) in [4.78, 5) is 13.0. The molecule has 3 nitrogen and oxygen atoms in total. The van der Waals surface area contributed by atoms with Gasteiger partial charge in [-0.15, -0.1) is 22.7 Å². The molecule has 19 heavy (non-hydrogen) atoms. The minimum Gasteiger partial charge on any atom is -0.333 e. The van der Waals surface area contributed by atoms with Crippen molar-refractivity contribution in [2.75, 3.05) is 0 Å². The molecular weight excluding hydrogens is 276 g/mol. The highest BCUT2D eigenvalue weighted by Crippen LogP contribution is 2.32. The van der Waals surface area contributed by atoms with Crippen molar-refractivity contribution in [2.45, 2.75) is 37.6 Å². The number of carbonyl (C=O) groups excluding carboxylic acids is 1. The average Bonchev–Trinajstić information content (AvgIpc) is 3.00. The molecule has 98 valence electrons. The molecule has 1 amide bonds. The Morgan fingerprint density at radius 3 is 2.79 bits per heavy atom. The van der Waals surface area contributed by atoms with Crippen molar-refractivity contribution in [3.05, 3.63) is 22.4 Å². The van der Waals surface area contributed by atoms with Gasteiger partial charge in [0.1, 0.15) is 5.54 Å². The van der Waals surface area contributed by atoms with Gasteiger partial charge in [0.15, 0.2) is 0 Å². The van der Waals surface area contributed by atoms with E-state index in [1.54, 1.807) is 11.3 Å². The summed E-state index contributed by atoms with van der Waals surface area (Å²) < 4.78 is 2.29. The zero-order valence-corrected chi connectivity index (χ0v) is 12.1. The Kier molecular flexibility index (Phi) is 3.29. The first-order chi connectivity index (χ1) is 9.22. The predicted octanol–water partition coefficient (Wildman–Crippen LogP) is 3.92. The lowest BCUT2D eigenvalue weighted by Crippen LogP contribution is -2.48. The van der Waals surface area contributed by atoms with Crippen LogP contribution < -0.4 is 5.32 Å². The van der Waals surface area contributed by atoms with E-state index in [0.29, 0.717) is 4.88 Å². The number of amides is 1. The quantitative estimate of drug-likeness (QED) is 0.911. The second-order valence-electron chi connectivity index (χ2n) is 4.97. The van der Waals surface area contributed by atoms with Gasteiger partial charge in [0.2, 0.25) is 0 Å². The third-order valence-corrected chi connectivity index (χ3v) is 5.73. The molecule has 2 aromatic heterocycles. The van der Waals surface area contributed by atoms with Gasteiger partial charge in [0.25, 0.3) is 5.91 Å². The molecule has 1 aliphatic carbocycles. The summed E-state index contributed by atoms with van der Waals surface area (Å²) in [5.74, 6) is -0.100. The maximum absolute atomic E-state index is 12.3. The van der Waals surface area contributed by atoms with Crippen molar-refractivity contribution >= 4 is 38.0 Å². The topological polar surface area (TPSA) is 52.9 Å². The molecule has 0 radical (unpaired) electrons. The molecule has 1 saturated carbocycles. The van der Waals surface area contributed by atoms with Crippen LogP contribution >= 0.6 is 22.7 Å². The van der Waals surface area contributed by atoms with Crippen LogP contribution in [-0.2, 0) is 0 Å². The number of nitrogens with one attached hydrogen (secondary N) is 1. The van der Waals surface area contributed by atoms with Crippen LogP contribution in [-0.4, -0.2) is 11.4 Å². The fourth-order valence-corrected chi connectivity index (χ4v) is 4.58. The van der Waals surface area contributed by atoms with Crippen LogP contribution in [0.2, 0.25) is 0 Å². The van der Waals surface area contributed by atoms with E-state index in [4.69, 9.17) is 0 Å². The largest absolute Gasteiger partial charge is 0.333 e. The fourth-order valence-electron chi connectivity index (χ4n) is 2.58. The number of thiophene rings is 2. The Bertz CT molecular complexity index is 615. The molecule has 1 N–H and O–H groups in total. The van der Waals surface area contributed by atoms with Gasteiger partial charge in [0.05, 0.1) is 10.9 Å². The normalized spacial score (nSPS) is 18.1. The lowest BCUT2D eigenvalue weighted by Gasteiger charge is -2.31. The van der Waals surface area contributed by atoms with Crippen LogP contribution in [0.15, 0.2) is 17.5 Å². The second-order valence-corrected chi connectivity index (χ2v) is 7.00. The lowest BCUT2D eigenvalue weighted by molar-refractivity contribution is 0.0907. The maximum Gasteiger partial charge on any atom is 0.262 e. The minimum atomic E-state index is -0.646. The summed E-state index contributed by atoms with van der Waals surface area (Å²) >= 11 is 3.14. The monoisotopic (exact) mass is 290 g/mol. The first-order valence-electron chi connectivity index (χ1n) is 6.43. The molecule has 0 aliphatic heterocycles. The zero-order chi connectivity index (χ0) is 13.3. The summed E-state index contributed by atoms with van der Waals surface area (Å²) in [6.07, 6.45) is 4.75. The average molecular weight is 290 g/mol. The van der Waals surface area contributed by atoms with Crippen molar-refractivity contribution in [1.82, 2.24) is 5.32 Å². The third kappa shape index (κ3) is 2.38. The van der Waals surface area contributed by atoms with Crippen LogP contribution in [0.25, 0.3) is 9.40 Å². The van der Waals surface area contributed by atoms with Gasteiger partial charge in [-0.2, -0.15) is 5.26 Å². The molecule has 0 saturated heterocycles. The van der Waals surface area contributed by atoms with Gasteiger partial charge in [0, 0.05) is 9.40 Å². The Morgan fingerprint density at radius 2 is 2.11 bits per heavy atom. The summed E-state index contributed by atoms with van der Waals surface area (Å²) in [6.45, 7) is 0. The Labute approximate surface area is 119 Å². The van der Waals surface area contributed by atoms with E-state index >= 15 is 0 Å². The standard InChI is InChI=1S/C14H14N2OS2/c15-9-14(5-2-1-3-6-14)16-13(17)12-8-11-10(19-12)4-7-18-11/h4,7-8H,1-3,5-6H2,(H,16,17). The Hall–Kier alpha value is -1.38. The predicted molar refractivity (Wildman–Crippen MR) is 78.6 cm³/mol. The summed E-state index contributed by atoms with van der Waals surface area (Å²) in [6, 6.07) is 6.28. The molecule has 0 bridgehead atoms. The fraction of sp³-hybridized carbons (Fsp3) is 0.429. The van der Waals surface area contributed by atoms with E-state index in [2.05, 4.69) is 11.4 Å². The molecule has 0 spiro atoms. The maximum atomic E-state index is 12.3. The molecule has 2 aromatic rings. The molecular formula is C14H14N2OS2. The highest BCUT2D eigenvalue weighted by Gasteiger charge is 2.34. The zero-order valence-electron chi connectivity index (χ0n) is 10.4. The van der Waals surface area contributed by atoms with E-state index in [9.17, 15) is 10.1 Å². The summed E-state index contributed by atoms with van der Waals surface area (Å²) in [5, 5.41) is 14.4. The minimum absolute atomic E-state index is 0.100. The smallest absolute Gasteiger partial charge is 0.262 e. The van der Waals surface area contributed by atoms with E-state index in [1.165, 1.54) is 11.3 Å². The van der Waals surface area contributed by atoms with Crippen molar-refractivity contribution in [1.29, 1.82) is 5.26 Å². The van der Waals surface area contributed by atoms with E-state index < -0.39 is 5.54 Å². The number of nitriles is 1. The Morgan fingerprint density at radius 1 is 1.32 bits per heavy atom. The number of hydrogen-bond acceptors (Lipinski definition) is 4. The highest BCUT2D eigenvalue weighted by atomic mass is 32.1. The van der Waals surface area contributed by atoms with E-state index in [1.807, 2.05) is 17.5 Å². The lowest BCUT2D eigenvalue weighted by atomic mass is 9.83. The van der Waals surface area contributed by atoms with Crippen LogP contribution in [0.3, 0.4) is 0 Å². The number of hydrogen-bond donors (Lipinski definition) is 1. The van der Waals surface area contributed by atoms with E-state index in [-0.39, 0.29) is 5.91 Å². The van der Waals surface area contributed by atoms with Crippen molar-refractivity contribution in [3.63, 3.8) is 0 Å². The van der Waals surface area contributed by atoms with Crippen molar-refractivity contribution < 1.29 is 4.79 Å². The highest BCUT2D eigenvalue weighted by molar-refractivity contribution is 7.27. The van der Waals surface area contributed by atoms with Crippen LogP contribution in [0.1, 0.15) is 41.8 Å². The molecule has 0 aromatic carbocycles. The number of carbonyl (C=O) groups is 1. The van der Waals surface area contributed by atoms with Gasteiger partial charge in [-0.3, -0.25) is 4.79 Å². The van der Waals surface area contributed by atoms with Gasteiger partial charge in [-0.1, -0.05) is 19.3 Å². The molecule has 2 heterocycles. The van der Waals surface area contributed by atoms with Gasteiger partial charge in [-0.25, -0.2) is 0 Å². The first kappa shape index (κ1) is 12.6. The number of rotatable bonds is 2. The summed E-state index contributed by atoms with van der Waals surface area (Å²) in [7, 11) is 0. The first-order valence-corrected chi connectivity index (χ1v) is 8.13. The SMILES string of the molecule is N#CC1(NC(=O)c2cc3sccc3s2)CCCCC1. The van der Waals surface area contributed by atoms with Crippen molar-refractivity contribution in [2.24, 2.45) is 0 Å². The Balaban J connectivity index is 1.80. The molecule has 1 aliphatic rings. The molecule has 1 fully saturated rings. The van der Waals surface area contributed by atoms with Gasteiger partial charge >= 0.3 is 0 Å². The molecule has 5 heteroatoms. The second kappa shape index (κ2) is 4.95. The van der Waals surface area contributed by atoms with Crippen LogP contribution in [0.4, 0.5) is 0 Å². The molecule has 0 atom stereocenters. The number of fused-ring (bicyclic) bond motifs is 1. The van der Waals surface area contributed by atoms with Crippen LogP contribution in [0.5, 0.6) is 0 Å². The van der Waals surface area contributed by atoms with E-state index in [0.717, 1.165) is 41.5 Å². The van der Waals surface area contributed by atoms with Crippen molar-refractivity contribution in [3.8, 4) is 6.07 Å². The molecule has 0 unspecified atom stereocenters.